The monoisotopic (exact) mass is 345 g/mol. The highest BCUT2D eigenvalue weighted by Gasteiger charge is 2.16. The Morgan fingerprint density at radius 3 is 3.00 bits per heavy atom. The highest BCUT2D eigenvalue weighted by Crippen LogP contribution is 2.13. The summed E-state index contributed by atoms with van der Waals surface area (Å²) >= 11 is 5.82. The summed E-state index contributed by atoms with van der Waals surface area (Å²) in [5, 5.41) is 6.75. The Morgan fingerprint density at radius 2 is 2.25 bits per heavy atom. The molecule has 0 radical (unpaired) electrons. The number of carbonyl (C=O) groups excluding carboxylic acids is 1. The van der Waals surface area contributed by atoms with Crippen LogP contribution in [0.2, 0.25) is 5.02 Å². The van der Waals surface area contributed by atoms with Crippen LogP contribution < -0.4 is 10.6 Å². The Bertz CT molecular complexity index is 685. The van der Waals surface area contributed by atoms with Crippen molar-refractivity contribution in [2.45, 2.75) is 25.5 Å². The Kier molecular flexibility index (Phi) is 5.67. The maximum absolute atomic E-state index is 12.3. The second-order valence-electron chi connectivity index (χ2n) is 5.76. The summed E-state index contributed by atoms with van der Waals surface area (Å²) in [5.41, 5.74) is 1.66. The molecule has 1 amide bonds. The lowest BCUT2D eigenvalue weighted by Gasteiger charge is -2.11. The summed E-state index contributed by atoms with van der Waals surface area (Å²) in [5.74, 6) is 0.671. The first kappa shape index (κ1) is 16.7. The quantitative estimate of drug-likeness (QED) is 0.843. The molecule has 6 heteroatoms. The van der Waals surface area contributed by atoms with E-state index in [2.05, 4.69) is 15.6 Å². The molecule has 1 saturated heterocycles. The topological polar surface area (TPSA) is 63.2 Å². The molecule has 2 aromatic rings. The van der Waals surface area contributed by atoms with Crippen LogP contribution in [0.15, 0.2) is 42.6 Å². The first-order valence-electron chi connectivity index (χ1n) is 8.05. The third kappa shape index (κ3) is 4.69. The molecular weight excluding hydrogens is 326 g/mol. The molecule has 1 aromatic carbocycles. The summed E-state index contributed by atoms with van der Waals surface area (Å²) < 4.78 is 5.52. The van der Waals surface area contributed by atoms with Gasteiger partial charge in [-0.3, -0.25) is 4.79 Å². The molecule has 0 bridgehead atoms. The SMILES string of the molecule is O=C(NC[C@@H]1CCCO1)c1cccc(CNc2ccc(Cl)cn2)c1. The number of amides is 1. The van der Waals surface area contributed by atoms with Gasteiger partial charge in [-0.05, 0) is 42.7 Å². The molecule has 1 atom stereocenters. The molecule has 126 valence electrons. The van der Waals surface area contributed by atoms with Gasteiger partial charge in [0.15, 0.2) is 0 Å². The van der Waals surface area contributed by atoms with Crippen LogP contribution in [0, 0.1) is 0 Å². The average Bonchev–Trinajstić information content (AvgIpc) is 3.13. The Balaban J connectivity index is 1.54. The van der Waals surface area contributed by atoms with Gasteiger partial charge in [0.1, 0.15) is 5.82 Å². The van der Waals surface area contributed by atoms with Crippen LogP contribution in [0.1, 0.15) is 28.8 Å². The molecule has 1 fully saturated rings. The number of ether oxygens (including phenoxy) is 1. The van der Waals surface area contributed by atoms with Crippen molar-refractivity contribution in [2.75, 3.05) is 18.5 Å². The van der Waals surface area contributed by atoms with E-state index in [0.717, 1.165) is 30.8 Å². The second kappa shape index (κ2) is 8.13. The number of anilines is 1. The molecule has 24 heavy (non-hydrogen) atoms. The Labute approximate surface area is 146 Å². The van der Waals surface area contributed by atoms with Crippen LogP contribution in [0.25, 0.3) is 0 Å². The van der Waals surface area contributed by atoms with E-state index < -0.39 is 0 Å². The number of nitrogens with one attached hydrogen (secondary N) is 2. The minimum atomic E-state index is -0.0723. The zero-order valence-corrected chi connectivity index (χ0v) is 14.1. The van der Waals surface area contributed by atoms with Crippen LogP contribution in [0.3, 0.4) is 0 Å². The van der Waals surface area contributed by atoms with Crippen LogP contribution >= 0.6 is 11.6 Å². The number of hydrogen-bond acceptors (Lipinski definition) is 4. The van der Waals surface area contributed by atoms with Crippen molar-refractivity contribution in [1.29, 1.82) is 0 Å². The van der Waals surface area contributed by atoms with Gasteiger partial charge in [0, 0.05) is 31.5 Å². The number of benzene rings is 1. The van der Waals surface area contributed by atoms with E-state index in [4.69, 9.17) is 16.3 Å². The summed E-state index contributed by atoms with van der Waals surface area (Å²) in [6.45, 7) is 1.94. The van der Waals surface area contributed by atoms with Crippen molar-refractivity contribution >= 4 is 23.3 Å². The van der Waals surface area contributed by atoms with Crippen LogP contribution in [0.4, 0.5) is 5.82 Å². The third-order valence-corrected chi connectivity index (χ3v) is 4.13. The molecule has 0 saturated carbocycles. The van der Waals surface area contributed by atoms with Gasteiger partial charge in [0.2, 0.25) is 0 Å². The van der Waals surface area contributed by atoms with E-state index in [1.165, 1.54) is 0 Å². The van der Waals surface area contributed by atoms with Crippen LogP contribution in [-0.2, 0) is 11.3 Å². The fourth-order valence-corrected chi connectivity index (χ4v) is 2.72. The molecule has 1 aromatic heterocycles. The molecule has 1 aliphatic rings. The minimum absolute atomic E-state index is 0.0723. The van der Waals surface area contributed by atoms with Gasteiger partial charge < -0.3 is 15.4 Å². The standard InChI is InChI=1S/C18H20ClN3O2/c19-15-6-7-17(21-11-15)20-10-13-3-1-4-14(9-13)18(23)22-12-16-5-2-8-24-16/h1,3-4,6-7,9,11,16H,2,5,8,10,12H2,(H,20,21)(H,22,23)/t16-/m0/s1. The van der Waals surface area contributed by atoms with Gasteiger partial charge in [-0.1, -0.05) is 23.7 Å². The molecule has 2 N–H and O–H groups in total. The van der Waals surface area contributed by atoms with E-state index in [1.54, 1.807) is 12.3 Å². The lowest BCUT2D eigenvalue weighted by Crippen LogP contribution is -2.31. The smallest absolute Gasteiger partial charge is 0.251 e. The fourth-order valence-electron chi connectivity index (χ4n) is 2.61. The highest BCUT2D eigenvalue weighted by molar-refractivity contribution is 6.30. The maximum atomic E-state index is 12.3. The van der Waals surface area contributed by atoms with Crippen molar-refractivity contribution in [3.8, 4) is 0 Å². The van der Waals surface area contributed by atoms with Crippen molar-refractivity contribution in [2.24, 2.45) is 0 Å². The predicted octanol–water partition coefficient (Wildman–Crippen LogP) is 3.26. The van der Waals surface area contributed by atoms with E-state index in [1.807, 2.05) is 30.3 Å². The van der Waals surface area contributed by atoms with E-state index in [0.29, 0.717) is 23.7 Å². The number of nitrogens with zero attached hydrogens (tertiary/aromatic N) is 1. The van der Waals surface area contributed by atoms with Gasteiger partial charge in [-0.2, -0.15) is 0 Å². The molecule has 0 spiro atoms. The molecule has 5 nitrogen and oxygen atoms in total. The minimum Gasteiger partial charge on any atom is -0.376 e. The number of carbonyl (C=O) groups is 1. The summed E-state index contributed by atoms with van der Waals surface area (Å²) in [7, 11) is 0. The Hall–Kier alpha value is -2.11. The van der Waals surface area contributed by atoms with Gasteiger partial charge in [-0.15, -0.1) is 0 Å². The molecule has 0 aliphatic carbocycles. The average molecular weight is 346 g/mol. The lowest BCUT2D eigenvalue weighted by molar-refractivity contribution is 0.0857. The number of aromatic nitrogens is 1. The lowest BCUT2D eigenvalue weighted by atomic mass is 10.1. The van der Waals surface area contributed by atoms with Crippen molar-refractivity contribution in [3.63, 3.8) is 0 Å². The first-order valence-corrected chi connectivity index (χ1v) is 8.43. The van der Waals surface area contributed by atoms with Gasteiger partial charge >= 0.3 is 0 Å². The van der Waals surface area contributed by atoms with E-state index in [9.17, 15) is 4.79 Å². The molecule has 1 aliphatic heterocycles. The molecule has 2 heterocycles. The van der Waals surface area contributed by atoms with Crippen molar-refractivity contribution in [1.82, 2.24) is 10.3 Å². The van der Waals surface area contributed by atoms with E-state index in [-0.39, 0.29) is 12.0 Å². The molecule has 0 unspecified atom stereocenters. The van der Waals surface area contributed by atoms with E-state index >= 15 is 0 Å². The number of hydrogen-bond donors (Lipinski definition) is 2. The molecular formula is C18H20ClN3O2. The zero-order valence-electron chi connectivity index (χ0n) is 13.3. The van der Waals surface area contributed by atoms with Gasteiger partial charge in [0.05, 0.1) is 11.1 Å². The van der Waals surface area contributed by atoms with Gasteiger partial charge in [-0.25, -0.2) is 4.98 Å². The van der Waals surface area contributed by atoms with Crippen molar-refractivity contribution in [3.05, 3.63) is 58.7 Å². The number of rotatable bonds is 6. The highest BCUT2D eigenvalue weighted by atomic mass is 35.5. The number of halogens is 1. The Morgan fingerprint density at radius 1 is 1.33 bits per heavy atom. The van der Waals surface area contributed by atoms with Crippen LogP contribution in [0.5, 0.6) is 0 Å². The summed E-state index contributed by atoms with van der Waals surface area (Å²) in [4.78, 5) is 16.4. The second-order valence-corrected chi connectivity index (χ2v) is 6.20. The normalized spacial score (nSPS) is 16.8. The molecule has 3 rings (SSSR count). The predicted molar refractivity (Wildman–Crippen MR) is 94.3 cm³/mol. The van der Waals surface area contributed by atoms with Gasteiger partial charge in [0.25, 0.3) is 5.91 Å². The summed E-state index contributed by atoms with van der Waals surface area (Å²) in [6, 6.07) is 11.2. The number of pyridine rings is 1. The van der Waals surface area contributed by atoms with Crippen molar-refractivity contribution < 1.29 is 9.53 Å². The zero-order chi connectivity index (χ0) is 16.8. The third-order valence-electron chi connectivity index (χ3n) is 3.90. The maximum Gasteiger partial charge on any atom is 0.251 e. The first-order chi connectivity index (χ1) is 11.7. The fraction of sp³-hybridized carbons (Fsp3) is 0.333. The summed E-state index contributed by atoms with van der Waals surface area (Å²) in [6.07, 6.45) is 3.83. The van der Waals surface area contributed by atoms with Crippen LogP contribution in [-0.4, -0.2) is 30.1 Å². The largest absolute Gasteiger partial charge is 0.376 e.